The number of hydrogen-bond donors (Lipinski definition) is 1. The molecule has 0 bridgehead atoms. The molecule has 27 heavy (non-hydrogen) atoms. The zero-order valence-electron chi connectivity index (χ0n) is 14.9. The van der Waals surface area contributed by atoms with Crippen LogP contribution in [0.15, 0.2) is 65.1 Å². The van der Waals surface area contributed by atoms with Crippen LogP contribution in [0.3, 0.4) is 0 Å². The largest absolute Gasteiger partial charge is 0.368 e. The maximum atomic E-state index is 12.1. The van der Waals surface area contributed by atoms with E-state index < -0.39 is 0 Å². The molecule has 1 saturated heterocycles. The third kappa shape index (κ3) is 3.68. The molecule has 1 aliphatic rings. The predicted molar refractivity (Wildman–Crippen MR) is 112 cm³/mol. The fourth-order valence-electron chi connectivity index (χ4n) is 3.68. The van der Waals surface area contributed by atoms with Crippen LogP contribution in [0.2, 0.25) is 0 Å². The second kappa shape index (κ2) is 7.66. The van der Waals surface area contributed by atoms with Gasteiger partial charge in [0.1, 0.15) is 11.9 Å². The van der Waals surface area contributed by atoms with E-state index in [1.165, 1.54) is 0 Å². The molecule has 5 nitrogen and oxygen atoms in total. The van der Waals surface area contributed by atoms with Crippen LogP contribution >= 0.6 is 15.9 Å². The molecule has 1 aliphatic heterocycles. The van der Waals surface area contributed by atoms with Gasteiger partial charge >= 0.3 is 0 Å². The van der Waals surface area contributed by atoms with Crippen LogP contribution in [0, 0.1) is 0 Å². The number of pyridine rings is 1. The summed E-state index contributed by atoms with van der Waals surface area (Å²) >= 11 is 3.58. The number of nitrogens with two attached hydrogens (primary N) is 1. The SMILES string of the molecule is NC(=O)C(c1ccccc1)N1CCN(c2ccc3cccc(Br)c3n2)CC1. The van der Waals surface area contributed by atoms with E-state index in [2.05, 4.69) is 43.9 Å². The van der Waals surface area contributed by atoms with Crippen LogP contribution < -0.4 is 10.6 Å². The maximum absolute atomic E-state index is 12.1. The number of benzene rings is 2. The first kappa shape index (κ1) is 17.9. The number of piperazine rings is 1. The smallest absolute Gasteiger partial charge is 0.239 e. The summed E-state index contributed by atoms with van der Waals surface area (Å²) in [6.07, 6.45) is 0. The van der Waals surface area contributed by atoms with Gasteiger partial charge in [0.15, 0.2) is 0 Å². The van der Waals surface area contributed by atoms with Crippen molar-refractivity contribution in [2.75, 3.05) is 31.1 Å². The van der Waals surface area contributed by atoms with Gasteiger partial charge in [-0.05, 0) is 39.7 Å². The number of halogens is 1. The second-order valence-electron chi connectivity index (χ2n) is 6.72. The first-order chi connectivity index (χ1) is 13.1. The van der Waals surface area contributed by atoms with E-state index in [0.29, 0.717) is 0 Å². The van der Waals surface area contributed by atoms with E-state index in [-0.39, 0.29) is 11.9 Å². The van der Waals surface area contributed by atoms with Crippen LogP contribution in [0.4, 0.5) is 5.82 Å². The molecule has 2 aromatic carbocycles. The zero-order chi connectivity index (χ0) is 18.8. The van der Waals surface area contributed by atoms with Gasteiger partial charge in [0.2, 0.25) is 5.91 Å². The van der Waals surface area contributed by atoms with Crippen molar-refractivity contribution in [3.8, 4) is 0 Å². The van der Waals surface area contributed by atoms with Crippen molar-refractivity contribution in [2.45, 2.75) is 6.04 Å². The molecule has 4 rings (SSSR count). The molecule has 0 aliphatic carbocycles. The Labute approximate surface area is 166 Å². The number of para-hydroxylation sites is 1. The Bertz CT molecular complexity index is 955. The summed E-state index contributed by atoms with van der Waals surface area (Å²) in [5.74, 6) is 0.659. The van der Waals surface area contributed by atoms with E-state index >= 15 is 0 Å². The molecule has 138 valence electrons. The quantitative estimate of drug-likeness (QED) is 0.697. The first-order valence-electron chi connectivity index (χ1n) is 9.02. The van der Waals surface area contributed by atoms with E-state index in [4.69, 9.17) is 10.7 Å². The van der Waals surface area contributed by atoms with Crippen LogP contribution in [-0.2, 0) is 4.79 Å². The monoisotopic (exact) mass is 424 g/mol. The van der Waals surface area contributed by atoms with E-state index in [9.17, 15) is 4.79 Å². The van der Waals surface area contributed by atoms with E-state index in [1.807, 2.05) is 42.5 Å². The number of anilines is 1. The molecule has 0 radical (unpaired) electrons. The number of carbonyl (C=O) groups is 1. The molecular formula is C21H21BrN4O. The molecule has 0 saturated carbocycles. The van der Waals surface area contributed by atoms with Crippen LogP contribution in [0.5, 0.6) is 0 Å². The van der Waals surface area contributed by atoms with Crippen molar-refractivity contribution < 1.29 is 4.79 Å². The van der Waals surface area contributed by atoms with Crippen LogP contribution in [-0.4, -0.2) is 42.0 Å². The van der Waals surface area contributed by atoms with Crippen molar-refractivity contribution in [3.05, 3.63) is 70.7 Å². The lowest BCUT2D eigenvalue weighted by atomic mass is 10.0. The van der Waals surface area contributed by atoms with Gasteiger partial charge in [0.25, 0.3) is 0 Å². The Morgan fingerprint density at radius 2 is 1.70 bits per heavy atom. The number of aromatic nitrogens is 1. The van der Waals surface area contributed by atoms with Crippen molar-refractivity contribution in [2.24, 2.45) is 5.73 Å². The van der Waals surface area contributed by atoms with E-state index in [0.717, 1.165) is 52.9 Å². The number of hydrogen-bond acceptors (Lipinski definition) is 4. The first-order valence-corrected chi connectivity index (χ1v) is 9.81. The van der Waals surface area contributed by atoms with Gasteiger partial charge in [-0.1, -0.05) is 42.5 Å². The highest BCUT2D eigenvalue weighted by Gasteiger charge is 2.29. The van der Waals surface area contributed by atoms with Gasteiger partial charge in [0, 0.05) is 36.0 Å². The molecule has 1 aromatic heterocycles. The van der Waals surface area contributed by atoms with Gasteiger partial charge in [-0.15, -0.1) is 0 Å². The molecule has 1 fully saturated rings. The highest BCUT2D eigenvalue weighted by atomic mass is 79.9. The average molecular weight is 425 g/mol. The van der Waals surface area contributed by atoms with Crippen LogP contribution in [0.25, 0.3) is 10.9 Å². The van der Waals surface area contributed by atoms with Crippen molar-refractivity contribution in [1.82, 2.24) is 9.88 Å². The Morgan fingerprint density at radius 1 is 0.963 bits per heavy atom. The minimum Gasteiger partial charge on any atom is -0.368 e. The van der Waals surface area contributed by atoms with Gasteiger partial charge in [-0.3, -0.25) is 9.69 Å². The fraction of sp³-hybridized carbons (Fsp3) is 0.238. The summed E-state index contributed by atoms with van der Waals surface area (Å²) in [5.41, 5.74) is 7.63. The fourth-order valence-corrected chi connectivity index (χ4v) is 4.15. The molecule has 1 unspecified atom stereocenters. The molecule has 1 amide bonds. The van der Waals surface area contributed by atoms with Gasteiger partial charge in [-0.2, -0.15) is 0 Å². The summed E-state index contributed by atoms with van der Waals surface area (Å²) in [5, 5.41) is 1.12. The number of rotatable bonds is 4. The normalized spacial score (nSPS) is 16.4. The summed E-state index contributed by atoms with van der Waals surface area (Å²) in [6, 6.07) is 19.6. The topological polar surface area (TPSA) is 62.5 Å². The van der Waals surface area contributed by atoms with E-state index in [1.54, 1.807) is 0 Å². The van der Waals surface area contributed by atoms with Crippen molar-refractivity contribution in [3.63, 3.8) is 0 Å². The zero-order valence-corrected chi connectivity index (χ0v) is 16.5. The number of fused-ring (bicyclic) bond motifs is 1. The van der Waals surface area contributed by atoms with Crippen molar-refractivity contribution in [1.29, 1.82) is 0 Å². The third-order valence-electron chi connectivity index (χ3n) is 5.04. The summed E-state index contributed by atoms with van der Waals surface area (Å²) < 4.78 is 0.998. The number of nitrogens with zero attached hydrogens (tertiary/aromatic N) is 3. The molecule has 6 heteroatoms. The third-order valence-corrected chi connectivity index (χ3v) is 5.68. The minimum atomic E-state index is -0.382. The molecule has 0 spiro atoms. The standard InChI is InChI=1S/C21H21BrN4O/c22-17-8-4-7-15-9-10-18(24-19(15)17)25-11-13-26(14-12-25)20(21(23)27)16-5-2-1-3-6-16/h1-10,20H,11-14H2,(H2,23,27). The number of primary amides is 1. The Morgan fingerprint density at radius 3 is 2.41 bits per heavy atom. The second-order valence-corrected chi connectivity index (χ2v) is 7.57. The van der Waals surface area contributed by atoms with Gasteiger partial charge in [0.05, 0.1) is 5.52 Å². The van der Waals surface area contributed by atoms with Crippen LogP contribution in [0.1, 0.15) is 11.6 Å². The Balaban J connectivity index is 1.51. The maximum Gasteiger partial charge on any atom is 0.239 e. The molecule has 1 atom stereocenters. The summed E-state index contributed by atoms with van der Waals surface area (Å²) in [6.45, 7) is 3.13. The average Bonchev–Trinajstić information content (AvgIpc) is 2.69. The lowest BCUT2D eigenvalue weighted by Crippen LogP contribution is -2.50. The molecular weight excluding hydrogens is 404 g/mol. The number of amides is 1. The van der Waals surface area contributed by atoms with Crippen molar-refractivity contribution >= 4 is 38.6 Å². The molecule has 3 aromatic rings. The number of carbonyl (C=O) groups excluding carboxylic acids is 1. The highest BCUT2D eigenvalue weighted by molar-refractivity contribution is 9.10. The summed E-state index contributed by atoms with van der Waals surface area (Å²) in [4.78, 5) is 21.3. The lowest BCUT2D eigenvalue weighted by molar-refractivity contribution is -0.123. The summed E-state index contributed by atoms with van der Waals surface area (Å²) in [7, 11) is 0. The predicted octanol–water partition coefficient (Wildman–Crippen LogP) is 3.35. The molecule has 2 heterocycles. The Kier molecular flexibility index (Phi) is 5.09. The lowest BCUT2D eigenvalue weighted by Gasteiger charge is -2.38. The molecule has 2 N–H and O–H groups in total. The highest BCUT2D eigenvalue weighted by Crippen LogP contribution is 2.27. The Hall–Kier alpha value is -2.44. The van der Waals surface area contributed by atoms with Gasteiger partial charge in [-0.25, -0.2) is 4.98 Å². The minimum absolute atomic E-state index is 0.303. The van der Waals surface area contributed by atoms with Gasteiger partial charge < -0.3 is 10.6 Å².